The third kappa shape index (κ3) is 4.00. The van der Waals surface area contributed by atoms with Crippen LogP contribution < -0.4 is 10.0 Å². The third-order valence-corrected chi connectivity index (χ3v) is 8.06. The molecule has 0 saturated carbocycles. The Bertz CT molecular complexity index is 1710. The summed E-state index contributed by atoms with van der Waals surface area (Å²) in [5.74, 6) is -4.02. The highest BCUT2D eigenvalue weighted by molar-refractivity contribution is 7.92. The number of carbonyl (C=O) groups excluding carboxylic acids is 1. The Morgan fingerprint density at radius 1 is 1.11 bits per heavy atom. The Morgan fingerprint density at radius 2 is 1.84 bits per heavy atom. The van der Waals surface area contributed by atoms with Crippen molar-refractivity contribution in [3.05, 3.63) is 81.7 Å². The fourth-order valence-electron chi connectivity index (χ4n) is 4.80. The number of rotatable bonds is 5. The normalized spacial score (nSPS) is 15.9. The molecule has 1 unspecified atom stereocenters. The van der Waals surface area contributed by atoms with Gasteiger partial charge in [0.15, 0.2) is 5.82 Å². The largest absolute Gasteiger partial charge is 0.388 e. The number of nitrogens with zero attached hydrogens (tertiary/aromatic N) is 2. The van der Waals surface area contributed by atoms with E-state index < -0.39 is 56.3 Å². The molecule has 0 aromatic heterocycles. The number of sulfonamides is 1. The number of benzene rings is 3. The number of hydrogen-bond acceptors (Lipinski definition) is 6. The first-order valence-electron chi connectivity index (χ1n) is 11.4. The molecule has 38 heavy (non-hydrogen) atoms. The van der Waals surface area contributed by atoms with Crippen molar-refractivity contribution in [2.75, 3.05) is 11.8 Å². The lowest BCUT2D eigenvalue weighted by Crippen LogP contribution is -2.27. The summed E-state index contributed by atoms with van der Waals surface area (Å²) in [4.78, 5) is 15.7. The van der Waals surface area contributed by atoms with Gasteiger partial charge in [0.1, 0.15) is 17.3 Å². The molecule has 3 N–H and O–H groups in total. The van der Waals surface area contributed by atoms with Crippen LogP contribution in [0.1, 0.15) is 40.3 Å². The molecule has 8 nitrogen and oxygen atoms in total. The molecule has 0 fully saturated rings. The van der Waals surface area contributed by atoms with Gasteiger partial charge >= 0.3 is 0 Å². The highest BCUT2D eigenvalue weighted by atomic mass is 32.2. The first-order valence-corrected chi connectivity index (χ1v) is 12.9. The van der Waals surface area contributed by atoms with E-state index in [0.29, 0.717) is 11.1 Å². The third-order valence-electron chi connectivity index (χ3n) is 6.63. The summed E-state index contributed by atoms with van der Waals surface area (Å²) in [7, 11) is -3.11. The number of anilines is 1. The van der Waals surface area contributed by atoms with Gasteiger partial charge in [0.2, 0.25) is 0 Å². The van der Waals surface area contributed by atoms with Gasteiger partial charge < -0.3 is 10.4 Å². The summed E-state index contributed by atoms with van der Waals surface area (Å²) in [5.41, 5.74) is -1.17. The van der Waals surface area contributed by atoms with Gasteiger partial charge in [-0.25, -0.2) is 21.6 Å². The molecule has 3 aromatic carbocycles. The Hall–Kier alpha value is -4.21. The summed E-state index contributed by atoms with van der Waals surface area (Å²) < 4.78 is 74.5. The topological polar surface area (TPSA) is 132 Å². The number of aliphatic hydroxyl groups excluding tert-OH is 1. The quantitative estimate of drug-likeness (QED) is 0.456. The molecule has 1 aliphatic heterocycles. The van der Waals surface area contributed by atoms with E-state index in [9.17, 15) is 28.0 Å². The summed E-state index contributed by atoms with van der Waals surface area (Å²) in [6.45, 7) is -0.209. The van der Waals surface area contributed by atoms with Crippen LogP contribution >= 0.6 is 0 Å². The van der Waals surface area contributed by atoms with Gasteiger partial charge in [-0.2, -0.15) is 5.26 Å². The zero-order valence-corrected chi connectivity index (χ0v) is 20.6. The van der Waals surface area contributed by atoms with Gasteiger partial charge in [-0.15, -0.1) is 0 Å². The number of likely N-dealkylation sites (N-methyl/N-ethyl adjacent to an activating group) is 1. The summed E-state index contributed by atoms with van der Waals surface area (Å²) in [6, 6.07) is 8.45. The molecule has 1 heterocycles. The average molecular weight is 541 g/mol. The zero-order chi connectivity index (χ0) is 27.4. The number of halogens is 3. The minimum Gasteiger partial charge on any atom is -0.388 e. The predicted molar refractivity (Wildman–Crippen MR) is 131 cm³/mol. The molecule has 1 aliphatic carbocycles. The Balaban J connectivity index is 1.57. The van der Waals surface area contributed by atoms with Crippen molar-refractivity contribution in [1.82, 2.24) is 5.32 Å². The standard InChI is InChI=1S/C26H19F3N4O4S/c1-31-26(35)25-14-2-3-15(23(28)17(14)11-32-25)22-18(27)5-6-19(24(22)29)33-38(36,37)21-9-12(10-30)8-16-13(21)4-7-20(16)34/h2-3,5-6,8-9,20,33-34H,4,7,11H2,1H3,(H,31,35). The number of aliphatic hydroxyl groups is 1. The summed E-state index contributed by atoms with van der Waals surface area (Å²) in [6.07, 6.45) is -0.474. The molecule has 0 radical (unpaired) electrons. The number of nitriles is 1. The number of carbonyl (C=O) groups is 1. The van der Waals surface area contributed by atoms with Crippen molar-refractivity contribution in [3.63, 3.8) is 0 Å². The lowest BCUT2D eigenvalue weighted by atomic mass is 9.96. The fraction of sp³-hybridized carbons (Fsp3) is 0.192. The van der Waals surface area contributed by atoms with E-state index in [1.165, 1.54) is 19.2 Å². The number of aliphatic imine (C=N–C) groups is 1. The molecule has 12 heteroatoms. The Morgan fingerprint density at radius 3 is 2.55 bits per heavy atom. The van der Waals surface area contributed by atoms with Gasteiger partial charge in [-0.1, -0.05) is 12.1 Å². The van der Waals surface area contributed by atoms with Crippen LogP contribution in [-0.4, -0.2) is 32.2 Å². The molecule has 5 rings (SSSR count). The van der Waals surface area contributed by atoms with Crippen molar-refractivity contribution in [2.24, 2.45) is 4.99 Å². The minimum absolute atomic E-state index is 0.00680. The maximum absolute atomic E-state index is 15.6. The fourth-order valence-corrected chi connectivity index (χ4v) is 6.18. The van der Waals surface area contributed by atoms with E-state index in [1.807, 2.05) is 6.07 Å². The number of hydrogen-bond donors (Lipinski definition) is 3. The van der Waals surface area contributed by atoms with E-state index in [4.69, 9.17) is 0 Å². The van der Waals surface area contributed by atoms with Crippen LogP contribution in [0.3, 0.4) is 0 Å². The van der Waals surface area contributed by atoms with Crippen LogP contribution in [0, 0.1) is 28.8 Å². The predicted octanol–water partition coefficient (Wildman–Crippen LogP) is 3.47. The molecule has 194 valence electrons. The lowest BCUT2D eigenvalue weighted by molar-refractivity contribution is -0.114. The Labute approximate surface area is 215 Å². The smallest absolute Gasteiger partial charge is 0.269 e. The van der Waals surface area contributed by atoms with Gasteiger partial charge in [-0.3, -0.25) is 14.5 Å². The second kappa shape index (κ2) is 9.27. The van der Waals surface area contributed by atoms with Gasteiger partial charge in [0.25, 0.3) is 15.9 Å². The van der Waals surface area contributed by atoms with Gasteiger partial charge in [-0.05, 0) is 48.2 Å². The molecule has 1 atom stereocenters. The highest BCUT2D eigenvalue weighted by Crippen LogP contribution is 2.39. The summed E-state index contributed by atoms with van der Waals surface area (Å²) in [5, 5.41) is 21.9. The average Bonchev–Trinajstić information content (AvgIpc) is 3.50. The minimum atomic E-state index is -4.50. The lowest BCUT2D eigenvalue weighted by Gasteiger charge is -2.16. The van der Waals surface area contributed by atoms with Gasteiger partial charge in [0, 0.05) is 23.7 Å². The maximum Gasteiger partial charge on any atom is 0.269 e. The van der Waals surface area contributed by atoms with Crippen LogP contribution in [0.5, 0.6) is 0 Å². The SMILES string of the molecule is CNC(=O)C1=NCc2c1ccc(-c1c(F)ccc(NS(=O)(=O)c3cc(C#N)cc4c3CCC4O)c1F)c2F. The van der Waals surface area contributed by atoms with E-state index in [2.05, 4.69) is 15.0 Å². The number of fused-ring (bicyclic) bond motifs is 2. The van der Waals surface area contributed by atoms with Gasteiger partial charge in [0.05, 0.1) is 40.4 Å². The van der Waals surface area contributed by atoms with Crippen molar-refractivity contribution in [3.8, 4) is 17.2 Å². The highest BCUT2D eigenvalue weighted by Gasteiger charge is 2.32. The molecule has 1 amide bonds. The molecule has 0 saturated heterocycles. The zero-order valence-electron chi connectivity index (χ0n) is 19.8. The van der Waals surface area contributed by atoms with E-state index >= 15 is 8.78 Å². The number of nitrogens with one attached hydrogen (secondary N) is 2. The monoisotopic (exact) mass is 540 g/mol. The molecular formula is C26H19F3N4O4S. The van der Waals surface area contributed by atoms with Crippen molar-refractivity contribution in [1.29, 1.82) is 5.26 Å². The van der Waals surface area contributed by atoms with Crippen molar-refractivity contribution >= 4 is 27.3 Å². The second-order valence-corrected chi connectivity index (χ2v) is 10.4. The van der Waals surface area contributed by atoms with Crippen LogP contribution in [0.2, 0.25) is 0 Å². The van der Waals surface area contributed by atoms with Crippen LogP contribution in [0.15, 0.2) is 46.3 Å². The van der Waals surface area contributed by atoms with Crippen molar-refractivity contribution in [2.45, 2.75) is 30.4 Å². The first kappa shape index (κ1) is 25.4. The molecular weight excluding hydrogens is 521 g/mol. The Kier molecular flexibility index (Phi) is 6.21. The molecule has 2 aliphatic rings. The second-order valence-electron chi connectivity index (χ2n) is 8.80. The molecule has 0 bridgehead atoms. The van der Waals surface area contributed by atoms with E-state index in [0.717, 1.165) is 24.3 Å². The first-order chi connectivity index (χ1) is 18.1. The van der Waals surface area contributed by atoms with Crippen LogP contribution in [0.25, 0.3) is 11.1 Å². The maximum atomic E-state index is 15.6. The van der Waals surface area contributed by atoms with Crippen LogP contribution in [-0.2, 0) is 27.8 Å². The van der Waals surface area contributed by atoms with E-state index in [-0.39, 0.29) is 46.7 Å². The molecule has 0 spiro atoms. The van der Waals surface area contributed by atoms with Crippen molar-refractivity contribution < 1.29 is 31.5 Å². The number of amides is 1. The van der Waals surface area contributed by atoms with Crippen LogP contribution in [0.4, 0.5) is 18.9 Å². The molecule has 3 aromatic rings. The van der Waals surface area contributed by atoms with E-state index in [1.54, 1.807) is 0 Å². The summed E-state index contributed by atoms with van der Waals surface area (Å²) >= 11 is 0.